The summed E-state index contributed by atoms with van der Waals surface area (Å²) in [6.45, 7) is 18.1. The third-order valence-corrected chi connectivity index (χ3v) is 11.3. The maximum absolute atomic E-state index is 13.6. The van der Waals surface area contributed by atoms with Crippen LogP contribution in [0.1, 0.15) is 99.3 Å². The van der Waals surface area contributed by atoms with E-state index >= 15 is 0 Å². The van der Waals surface area contributed by atoms with E-state index in [0.29, 0.717) is 28.5 Å². The van der Waals surface area contributed by atoms with E-state index in [0.717, 1.165) is 61.7 Å². The molecule has 1 fully saturated rings. The van der Waals surface area contributed by atoms with E-state index in [2.05, 4.69) is 68.5 Å². The first kappa shape index (κ1) is 38.1. The molecular formula is C46H56FN3O3. The van der Waals surface area contributed by atoms with Gasteiger partial charge in [0.05, 0.1) is 0 Å². The number of halogens is 1. The van der Waals surface area contributed by atoms with Gasteiger partial charge in [0.25, 0.3) is 5.91 Å². The first-order valence-electron chi connectivity index (χ1n) is 19.6. The maximum atomic E-state index is 13.6. The number of aromatic hydroxyl groups is 1. The summed E-state index contributed by atoms with van der Waals surface area (Å²) < 4.78 is 22.4. The molecule has 280 valence electrons. The van der Waals surface area contributed by atoms with E-state index in [1.807, 2.05) is 24.3 Å². The van der Waals surface area contributed by atoms with Crippen molar-refractivity contribution in [3.05, 3.63) is 107 Å². The molecule has 0 saturated heterocycles. The molecule has 2 N–H and O–H groups in total. The second kappa shape index (κ2) is 17.0. The van der Waals surface area contributed by atoms with Crippen molar-refractivity contribution in [3.63, 3.8) is 0 Å². The molecule has 1 aliphatic rings. The summed E-state index contributed by atoms with van der Waals surface area (Å²) >= 11 is 0. The first-order chi connectivity index (χ1) is 25.5. The lowest BCUT2D eigenvalue weighted by Gasteiger charge is -2.29. The van der Waals surface area contributed by atoms with Crippen molar-refractivity contribution in [1.82, 2.24) is 9.47 Å². The fraction of sp³-hybridized carbons (Fsp3) is 0.413. The van der Waals surface area contributed by atoms with E-state index in [4.69, 9.17) is 4.74 Å². The molecule has 6 nitrogen and oxygen atoms in total. The number of carbonyl (C=O) groups excluding carboxylic acids is 1. The van der Waals surface area contributed by atoms with Crippen LogP contribution in [0.15, 0.2) is 78.9 Å². The minimum atomic E-state index is -0.322. The van der Waals surface area contributed by atoms with E-state index in [1.165, 1.54) is 60.1 Å². The first-order valence-corrected chi connectivity index (χ1v) is 19.6. The average molecular weight is 718 g/mol. The van der Waals surface area contributed by atoms with Crippen LogP contribution in [0.4, 0.5) is 10.1 Å². The van der Waals surface area contributed by atoms with Crippen molar-refractivity contribution in [2.45, 2.75) is 92.5 Å². The molecule has 7 heteroatoms. The minimum Gasteiger partial charge on any atom is -0.507 e. The molecule has 6 rings (SSSR count). The lowest BCUT2D eigenvalue weighted by molar-refractivity contribution is 0.102. The number of fused-ring (bicyclic) bond motifs is 1. The number of amides is 1. The molecule has 1 saturated carbocycles. The SMILES string of the molecule is CCCN(CCC(C)CC)CC(C)Cn1c(C)c(C)c2cc(Oc3ccc(C(=O)Nc4cc(O)c(-c5ccc(F)cc5)c(C5CCC5)c4)cc3)ccc21. The number of phenols is 1. The van der Waals surface area contributed by atoms with E-state index < -0.39 is 0 Å². The molecule has 1 heterocycles. The van der Waals surface area contributed by atoms with Crippen LogP contribution in [0.2, 0.25) is 0 Å². The van der Waals surface area contributed by atoms with Gasteiger partial charge in [-0.2, -0.15) is 0 Å². The number of hydrogen-bond acceptors (Lipinski definition) is 4. The Labute approximate surface area is 315 Å². The van der Waals surface area contributed by atoms with Crippen molar-refractivity contribution in [2.75, 3.05) is 25.0 Å². The molecule has 1 aliphatic carbocycles. The van der Waals surface area contributed by atoms with Gasteiger partial charge in [0, 0.05) is 52.6 Å². The zero-order valence-corrected chi connectivity index (χ0v) is 32.3. The van der Waals surface area contributed by atoms with Crippen LogP contribution in [-0.2, 0) is 6.54 Å². The van der Waals surface area contributed by atoms with Crippen molar-refractivity contribution in [2.24, 2.45) is 11.8 Å². The van der Waals surface area contributed by atoms with Crippen LogP contribution in [0.5, 0.6) is 17.2 Å². The van der Waals surface area contributed by atoms with Gasteiger partial charge in [0.2, 0.25) is 0 Å². The summed E-state index contributed by atoms with van der Waals surface area (Å²) in [6.07, 6.45) is 6.83. The Kier molecular flexibility index (Phi) is 12.2. The molecule has 2 atom stereocenters. The lowest BCUT2D eigenvalue weighted by Crippen LogP contribution is -2.32. The van der Waals surface area contributed by atoms with Gasteiger partial charge in [-0.15, -0.1) is 0 Å². The van der Waals surface area contributed by atoms with Gasteiger partial charge < -0.3 is 24.6 Å². The van der Waals surface area contributed by atoms with Crippen molar-refractivity contribution >= 4 is 22.5 Å². The number of aromatic nitrogens is 1. The van der Waals surface area contributed by atoms with Crippen molar-refractivity contribution in [1.29, 1.82) is 0 Å². The van der Waals surface area contributed by atoms with Crippen molar-refractivity contribution in [3.8, 4) is 28.4 Å². The molecule has 5 aromatic rings. The van der Waals surface area contributed by atoms with Crippen LogP contribution >= 0.6 is 0 Å². The lowest BCUT2D eigenvalue weighted by atomic mass is 9.76. The predicted molar refractivity (Wildman–Crippen MR) is 216 cm³/mol. The Morgan fingerprint density at radius 2 is 1.66 bits per heavy atom. The number of aryl methyl sites for hydroxylation is 1. The number of nitrogens with zero attached hydrogens (tertiary/aromatic N) is 2. The van der Waals surface area contributed by atoms with Crippen LogP contribution in [0.3, 0.4) is 0 Å². The van der Waals surface area contributed by atoms with Crippen LogP contribution in [0.25, 0.3) is 22.0 Å². The van der Waals surface area contributed by atoms with Crippen LogP contribution in [-0.4, -0.2) is 40.1 Å². The molecule has 1 amide bonds. The number of anilines is 1. The topological polar surface area (TPSA) is 66.7 Å². The predicted octanol–water partition coefficient (Wildman–Crippen LogP) is 11.9. The Morgan fingerprint density at radius 1 is 0.943 bits per heavy atom. The summed E-state index contributed by atoms with van der Waals surface area (Å²) in [7, 11) is 0. The highest BCUT2D eigenvalue weighted by Crippen LogP contribution is 2.46. The van der Waals surface area contributed by atoms with Gasteiger partial charge in [-0.25, -0.2) is 4.39 Å². The highest BCUT2D eigenvalue weighted by molar-refractivity contribution is 6.04. The Balaban J connectivity index is 1.12. The van der Waals surface area contributed by atoms with Gasteiger partial charge in [-0.05, 0) is 148 Å². The summed E-state index contributed by atoms with van der Waals surface area (Å²) in [5, 5.41) is 15.3. The van der Waals surface area contributed by atoms with Crippen LogP contribution < -0.4 is 10.1 Å². The maximum Gasteiger partial charge on any atom is 0.255 e. The number of rotatable bonds is 16. The number of phenolic OH excluding ortho intramolecular Hbond substituents is 1. The molecule has 0 radical (unpaired) electrons. The molecule has 53 heavy (non-hydrogen) atoms. The zero-order chi connectivity index (χ0) is 37.6. The average Bonchev–Trinajstić information content (AvgIpc) is 3.34. The van der Waals surface area contributed by atoms with Gasteiger partial charge in [-0.3, -0.25) is 4.79 Å². The Hall–Kier alpha value is -4.62. The standard InChI is InChI=1S/C46H56FN3O3/c1-7-23-49(24-22-30(3)8-2)28-31(4)29-50-33(6)32(5)41-27-40(20-21-43(41)50)53-39-18-14-36(15-19-39)46(52)48-38-25-42(34-10-9-11-34)45(44(51)26-38)35-12-16-37(47)17-13-35/h12-21,25-27,30-31,34,51H,7-11,22-24,28-29H2,1-6H3,(H,48,52). The third kappa shape index (κ3) is 8.96. The van der Waals surface area contributed by atoms with Gasteiger partial charge >= 0.3 is 0 Å². The van der Waals surface area contributed by atoms with E-state index in [1.54, 1.807) is 30.3 Å². The van der Waals surface area contributed by atoms with E-state index in [-0.39, 0.29) is 23.4 Å². The fourth-order valence-corrected chi connectivity index (χ4v) is 7.66. The number of ether oxygens (including phenoxy) is 1. The van der Waals surface area contributed by atoms with Gasteiger partial charge in [-0.1, -0.05) is 52.7 Å². The van der Waals surface area contributed by atoms with Gasteiger partial charge in [0.15, 0.2) is 0 Å². The quantitative estimate of drug-likeness (QED) is 0.107. The number of carbonyl (C=O) groups is 1. The Morgan fingerprint density at radius 3 is 2.32 bits per heavy atom. The fourth-order valence-electron chi connectivity index (χ4n) is 7.66. The molecule has 0 bridgehead atoms. The van der Waals surface area contributed by atoms with Crippen LogP contribution in [0, 0.1) is 31.5 Å². The number of benzene rings is 4. The molecule has 2 unspecified atom stereocenters. The smallest absolute Gasteiger partial charge is 0.255 e. The highest BCUT2D eigenvalue weighted by atomic mass is 19.1. The largest absolute Gasteiger partial charge is 0.507 e. The molecule has 0 aliphatic heterocycles. The second-order valence-electron chi connectivity index (χ2n) is 15.4. The summed E-state index contributed by atoms with van der Waals surface area (Å²) in [5.41, 5.74) is 7.23. The second-order valence-corrected chi connectivity index (χ2v) is 15.4. The molecular weight excluding hydrogens is 662 g/mol. The number of hydrogen-bond donors (Lipinski definition) is 2. The molecule has 1 aromatic heterocycles. The van der Waals surface area contributed by atoms with Gasteiger partial charge in [0.1, 0.15) is 23.1 Å². The zero-order valence-electron chi connectivity index (χ0n) is 32.3. The normalized spacial score (nSPS) is 14.3. The third-order valence-electron chi connectivity index (χ3n) is 11.3. The summed E-state index contributed by atoms with van der Waals surface area (Å²) in [4.78, 5) is 16.0. The van der Waals surface area contributed by atoms with Crippen molar-refractivity contribution < 1.29 is 19.0 Å². The molecule has 4 aromatic carbocycles. The monoisotopic (exact) mass is 717 g/mol. The summed E-state index contributed by atoms with van der Waals surface area (Å²) in [5.74, 6) is 2.44. The minimum absolute atomic E-state index is 0.0680. The number of nitrogens with one attached hydrogen (secondary N) is 1. The molecule has 0 spiro atoms. The summed E-state index contributed by atoms with van der Waals surface area (Å²) in [6, 6.07) is 23.1. The Bertz CT molecular complexity index is 2010. The highest BCUT2D eigenvalue weighted by Gasteiger charge is 2.26. The van der Waals surface area contributed by atoms with E-state index in [9.17, 15) is 14.3 Å².